The van der Waals surface area contributed by atoms with Crippen LogP contribution in [0.25, 0.3) is 0 Å². The molecule has 0 heterocycles. The fourth-order valence-electron chi connectivity index (χ4n) is 1.22. The molecule has 0 fully saturated rings. The third kappa shape index (κ3) is 1.46. The molecule has 1 aromatic rings. The van der Waals surface area contributed by atoms with E-state index in [0.29, 0.717) is 6.54 Å². The highest BCUT2D eigenvalue weighted by molar-refractivity contribution is 5.86. The number of benzene rings is 1. The number of rotatable bonds is 3. The highest BCUT2D eigenvalue weighted by atomic mass is 14.8. The Morgan fingerprint density at radius 3 is 2.83 bits per heavy atom. The summed E-state index contributed by atoms with van der Waals surface area (Å²) in [7, 11) is 1.83. The van der Waals surface area contributed by atoms with E-state index in [9.17, 15) is 0 Å². The Labute approximate surface area is 72.1 Å². The van der Waals surface area contributed by atoms with Gasteiger partial charge >= 0.3 is 0 Å². The number of nitrogens with one attached hydrogen (secondary N) is 2. The van der Waals surface area contributed by atoms with Crippen LogP contribution >= 0.6 is 0 Å². The van der Waals surface area contributed by atoms with Crippen molar-refractivity contribution in [2.45, 2.75) is 6.54 Å². The molecule has 0 saturated carbocycles. The van der Waals surface area contributed by atoms with Crippen LogP contribution in [0, 0.1) is 5.41 Å². The maximum Gasteiger partial charge on any atom is 0.0472 e. The van der Waals surface area contributed by atoms with Crippen molar-refractivity contribution < 1.29 is 0 Å². The molecule has 0 bridgehead atoms. The summed E-state index contributed by atoms with van der Waals surface area (Å²) in [5.74, 6) is 0. The standard InChI is InChI=1S/C9H13N3/c1-12-9-7(5-10)3-2-4-8(9)6-11/h2-5,10,12H,6,11H2,1H3. The van der Waals surface area contributed by atoms with Crippen LogP contribution in [0.2, 0.25) is 0 Å². The SMILES string of the molecule is CNc1c(C=N)cccc1CN. The van der Waals surface area contributed by atoms with E-state index in [1.54, 1.807) is 0 Å². The molecule has 0 amide bonds. The van der Waals surface area contributed by atoms with Gasteiger partial charge in [0.15, 0.2) is 0 Å². The summed E-state index contributed by atoms with van der Waals surface area (Å²) in [4.78, 5) is 0. The molecule has 1 aromatic carbocycles. The molecule has 4 N–H and O–H groups in total. The molecule has 1 rings (SSSR count). The Balaban J connectivity index is 3.21. The monoisotopic (exact) mass is 163 g/mol. The van der Waals surface area contributed by atoms with Crippen molar-refractivity contribution >= 4 is 11.9 Å². The lowest BCUT2D eigenvalue weighted by Crippen LogP contribution is -2.04. The molecular formula is C9H13N3. The van der Waals surface area contributed by atoms with E-state index in [0.717, 1.165) is 16.8 Å². The third-order valence-corrected chi connectivity index (χ3v) is 1.81. The van der Waals surface area contributed by atoms with Crippen LogP contribution in [0.5, 0.6) is 0 Å². The van der Waals surface area contributed by atoms with Gasteiger partial charge in [-0.3, -0.25) is 0 Å². The summed E-state index contributed by atoms with van der Waals surface area (Å²) >= 11 is 0. The molecule has 0 aromatic heterocycles. The van der Waals surface area contributed by atoms with Gasteiger partial charge in [0.1, 0.15) is 0 Å². The molecule has 0 radical (unpaired) electrons. The Hall–Kier alpha value is -1.35. The molecule has 3 heteroatoms. The summed E-state index contributed by atoms with van der Waals surface area (Å²) < 4.78 is 0. The second-order valence-corrected chi connectivity index (χ2v) is 2.48. The van der Waals surface area contributed by atoms with Gasteiger partial charge in [-0.25, -0.2) is 0 Å². The van der Waals surface area contributed by atoms with Crippen molar-refractivity contribution in [3.8, 4) is 0 Å². The highest BCUT2D eigenvalue weighted by Crippen LogP contribution is 2.18. The summed E-state index contributed by atoms with van der Waals surface area (Å²) in [6, 6.07) is 5.75. The van der Waals surface area contributed by atoms with Crippen molar-refractivity contribution in [3.05, 3.63) is 29.3 Å². The summed E-state index contributed by atoms with van der Waals surface area (Å²) in [5.41, 5.74) is 8.40. The highest BCUT2D eigenvalue weighted by Gasteiger charge is 2.01. The summed E-state index contributed by atoms with van der Waals surface area (Å²) in [5, 5.41) is 10.2. The van der Waals surface area contributed by atoms with Crippen LogP contribution in [0.15, 0.2) is 18.2 Å². The molecule has 0 aliphatic carbocycles. The van der Waals surface area contributed by atoms with Gasteiger partial charge in [0, 0.05) is 31.1 Å². The molecule has 0 unspecified atom stereocenters. The van der Waals surface area contributed by atoms with E-state index in [1.165, 1.54) is 6.21 Å². The van der Waals surface area contributed by atoms with Gasteiger partial charge in [-0.2, -0.15) is 0 Å². The molecule has 0 atom stereocenters. The maximum atomic E-state index is 7.15. The lowest BCUT2D eigenvalue weighted by molar-refractivity contribution is 1.07. The van der Waals surface area contributed by atoms with Crippen molar-refractivity contribution in [2.75, 3.05) is 12.4 Å². The molecule has 0 aliphatic rings. The molecule has 12 heavy (non-hydrogen) atoms. The van der Waals surface area contributed by atoms with Crippen LogP contribution in [0.4, 0.5) is 5.69 Å². The van der Waals surface area contributed by atoms with E-state index >= 15 is 0 Å². The fourth-order valence-corrected chi connectivity index (χ4v) is 1.22. The molecule has 3 nitrogen and oxygen atoms in total. The summed E-state index contributed by atoms with van der Waals surface area (Å²) in [6.07, 6.45) is 1.32. The third-order valence-electron chi connectivity index (χ3n) is 1.81. The van der Waals surface area contributed by atoms with Crippen LogP contribution in [-0.2, 0) is 6.54 Å². The van der Waals surface area contributed by atoms with Gasteiger partial charge in [0.05, 0.1) is 0 Å². The average molecular weight is 163 g/mol. The van der Waals surface area contributed by atoms with Crippen molar-refractivity contribution in [2.24, 2.45) is 5.73 Å². The molecule has 0 saturated heterocycles. The molecule has 0 spiro atoms. The number of hydrogen-bond acceptors (Lipinski definition) is 3. The number of anilines is 1. The topological polar surface area (TPSA) is 61.9 Å². The first kappa shape index (κ1) is 8.74. The zero-order valence-corrected chi connectivity index (χ0v) is 7.09. The predicted molar refractivity (Wildman–Crippen MR) is 51.8 cm³/mol. The quantitative estimate of drug-likeness (QED) is 0.586. The second-order valence-electron chi connectivity index (χ2n) is 2.48. The first-order chi connectivity index (χ1) is 5.83. The first-order valence-electron chi connectivity index (χ1n) is 3.83. The average Bonchev–Trinajstić information content (AvgIpc) is 2.16. The Bertz CT molecular complexity index is 281. The maximum absolute atomic E-state index is 7.15. The minimum Gasteiger partial charge on any atom is -0.387 e. The number of nitrogens with two attached hydrogens (primary N) is 1. The minimum atomic E-state index is 0.498. The van der Waals surface area contributed by atoms with Crippen LogP contribution in [0.3, 0.4) is 0 Å². The van der Waals surface area contributed by atoms with E-state index in [2.05, 4.69) is 5.32 Å². The lowest BCUT2D eigenvalue weighted by atomic mass is 10.1. The largest absolute Gasteiger partial charge is 0.387 e. The van der Waals surface area contributed by atoms with Crippen LogP contribution in [0.1, 0.15) is 11.1 Å². The Kier molecular flexibility index (Phi) is 2.82. The van der Waals surface area contributed by atoms with Crippen LogP contribution in [-0.4, -0.2) is 13.3 Å². The predicted octanol–water partition coefficient (Wildman–Crippen LogP) is 1.18. The van der Waals surface area contributed by atoms with E-state index in [4.69, 9.17) is 11.1 Å². The molecule has 64 valence electrons. The normalized spacial score (nSPS) is 9.50. The minimum absolute atomic E-state index is 0.498. The zero-order chi connectivity index (χ0) is 8.97. The van der Waals surface area contributed by atoms with Gasteiger partial charge in [0.25, 0.3) is 0 Å². The van der Waals surface area contributed by atoms with Crippen molar-refractivity contribution in [1.82, 2.24) is 0 Å². The number of para-hydroxylation sites is 1. The molecule has 0 aliphatic heterocycles. The number of hydrogen-bond donors (Lipinski definition) is 3. The fraction of sp³-hybridized carbons (Fsp3) is 0.222. The van der Waals surface area contributed by atoms with Gasteiger partial charge < -0.3 is 16.5 Å². The summed E-state index contributed by atoms with van der Waals surface area (Å²) in [6.45, 7) is 0.498. The van der Waals surface area contributed by atoms with Crippen LogP contribution < -0.4 is 11.1 Å². The molecular weight excluding hydrogens is 150 g/mol. The van der Waals surface area contributed by atoms with E-state index < -0.39 is 0 Å². The Morgan fingerprint density at radius 2 is 2.33 bits per heavy atom. The van der Waals surface area contributed by atoms with Gasteiger partial charge in [0.2, 0.25) is 0 Å². The van der Waals surface area contributed by atoms with Crippen molar-refractivity contribution in [3.63, 3.8) is 0 Å². The first-order valence-corrected chi connectivity index (χ1v) is 3.83. The zero-order valence-electron chi connectivity index (χ0n) is 7.09. The van der Waals surface area contributed by atoms with Gasteiger partial charge in [-0.15, -0.1) is 0 Å². The second kappa shape index (κ2) is 3.88. The lowest BCUT2D eigenvalue weighted by Gasteiger charge is -2.09. The van der Waals surface area contributed by atoms with Gasteiger partial charge in [-0.1, -0.05) is 18.2 Å². The van der Waals surface area contributed by atoms with Gasteiger partial charge in [-0.05, 0) is 5.56 Å². The smallest absolute Gasteiger partial charge is 0.0472 e. The van der Waals surface area contributed by atoms with Crippen molar-refractivity contribution in [1.29, 1.82) is 5.41 Å². The van der Waals surface area contributed by atoms with E-state index in [1.807, 2.05) is 25.2 Å². The Morgan fingerprint density at radius 1 is 1.58 bits per heavy atom. The van der Waals surface area contributed by atoms with E-state index in [-0.39, 0.29) is 0 Å².